The zero-order valence-electron chi connectivity index (χ0n) is 16.5. The van der Waals surface area contributed by atoms with Crippen LogP contribution in [0.1, 0.15) is 26.3 Å². The maximum Gasteiger partial charge on any atom is 0.262 e. The molecule has 2 aromatic heterocycles. The number of hydrogen-bond acceptors (Lipinski definition) is 7. The molecule has 0 aliphatic carbocycles. The topological polar surface area (TPSA) is 134 Å². The molecular weight excluding hydrogens is 400 g/mol. The number of nitrogens with one attached hydrogen (secondary N) is 1. The van der Waals surface area contributed by atoms with Crippen molar-refractivity contribution in [2.24, 2.45) is 0 Å². The number of nitrogen functional groups attached to an aromatic ring is 1. The van der Waals surface area contributed by atoms with Crippen molar-refractivity contribution < 1.29 is 14.3 Å². The molecule has 10 nitrogen and oxygen atoms in total. The largest absolute Gasteiger partial charge is 0.492 e. The van der Waals surface area contributed by atoms with E-state index in [4.69, 9.17) is 10.5 Å². The number of rotatable bonds is 3. The highest BCUT2D eigenvalue weighted by Crippen LogP contribution is 2.34. The molecule has 0 spiro atoms. The highest BCUT2D eigenvalue weighted by atomic mass is 16.5. The van der Waals surface area contributed by atoms with Gasteiger partial charge in [-0.2, -0.15) is 0 Å². The molecule has 31 heavy (non-hydrogen) atoms. The normalized spacial score (nSPS) is 12.8. The van der Waals surface area contributed by atoms with Crippen molar-refractivity contribution in [2.75, 3.05) is 12.8 Å². The van der Waals surface area contributed by atoms with Crippen molar-refractivity contribution in [1.29, 1.82) is 0 Å². The van der Waals surface area contributed by atoms with Crippen LogP contribution < -0.4 is 21.3 Å². The molecule has 4 aromatic rings. The second-order valence-corrected chi connectivity index (χ2v) is 7.09. The molecular formula is C21H16N6O4. The summed E-state index contributed by atoms with van der Waals surface area (Å²) in [5.74, 6) is -1.18. The summed E-state index contributed by atoms with van der Waals surface area (Å²) in [7, 11) is 1.45. The molecule has 3 heterocycles. The van der Waals surface area contributed by atoms with Gasteiger partial charge >= 0.3 is 0 Å². The minimum Gasteiger partial charge on any atom is -0.492 e. The molecule has 0 atom stereocenters. The number of nitrogens with two attached hydrogens (primary N) is 1. The number of carbonyl (C=O) groups is 2. The average molecular weight is 416 g/mol. The van der Waals surface area contributed by atoms with Crippen LogP contribution in [0.25, 0.3) is 22.4 Å². The smallest absolute Gasteiger partial charge is 0.262 e. The third-order valence-electron chi connectivity index (χ3n) is 5.09. The molecule has 5 rings (SSSR count). The van der Waals surface area contributed by atoms with Gasteiger partial charge in [-0.05, 0) is 36.8 Å². The number of imide groups is 1. The molecule has 154 valence electrons. The second-order valence-electron chi connectivity index (χ2n) is 7.09. The average Bonchev–Trinajstić information content (AvgIpc) is 3.28. The van der Waals surface area contributed by atoms with Crippen molar-refractivity contribution in [3.05, 3.63) is 69.5 Å². The van der Waals surface area contributed by atoms with E-state index >= 15 is 0 Å². The molecule has 1 aliphatic heterocycles. The number of fused-ring (bicyclic) bond motifs is 2. The predicted octanol–water partition coefficient (Wildman–Crippen LogP) is 1.35. The van der Waals surface area contributed by atoms with E-state index in [1.54, 1.807) is 6.07 Å². The number of ether oxygens (including phenoxy) is 1. The fourth-order valence-electron chi connectivity index (χ4n) is 3.75. The van der Waals surface area contributed by atoms with E-state index in [9.17, 15) is 14.4 Å². The van der Waals surface area contributed by atoms with Gasteiger partial charge in [0.2, 0.25) is 0 Å². The number of pyridine rings is 1. The molecule has 0 bridgehead atoms. The van der Waals surface area contributed by atoms with E-state index in [0.29, 0.717) is 22.4 Å². The van der Waals surface area contributed by atoms with Crippen LogP contribution in [0, 0.1) is 6.92 Å². The molecule has 0 saturated heterocycles. The maximum absolute atomic E-state index is 12.9. The third kappa shape index (κ3) is 2.69. The zero-order chi connectivity index (χ0) is 21.9. The fourth-order valence-corrected chi connectivity index (χ4v) is 3.75. The number of anilines is 1. The Labute approximate surface area is 174 Å². The first-order valence-electron chi connectivity index (χ1n) is 9.31. The SMILES string of the molecule is COc1c(-n2nc3ccccc3n2)cc(C)cc1-n1c(N)c2c(cc1=O)C(=O)NC2=O. The van der Waals surface area contributed by atoms with Crippen molar-refractivity contribution >= 4 is 28.7 Å². The van der Waals surface area contributed by atoms with Crippen LogP contribution in [0.4, 0.5) is 5.82 Å². The van der Waals surface area contributed by atoms with Crippen LogP contribution in [0.3, 0.4) is 0 Å². The lowest BCUT2D eigenvalue weighted by Crippen LogP contribution is -2.25. The number of benzene rings is 2. The number of nitrogens with zero attached hydrogens (tertiary/aromatic N) is 4. The van der Waals surface area contributed by atoms with Crippen LogP contribution in [0.15, 0.2) is 47.3 Å². The van der Waals surface area contributed by atoms with Crippen LogP contribution in [-0.4, -0.2) is 38.5 Å². The minimum absolute atomic E-state index is 0.0438. The zero-order valence-corrected chi connectivity index (χ0v) is 16.5. The Morgan fingerprint density at radius 3 is 2.26 bits per heavy atom. The summed E-state index contributed by atoms with van der Waals surface area (Å²) in [6.07, 6.45) is 0. The third-order valence-corrected chi connectivity index (χ3v) is 5.09. The van der Waals surface area contributed by atoms with E-state index in [0.717, 1.165) is 16.2 Å². The monoisotopic (exact) mass is 416 g/mol. The van der Waals surface area contributed by atoms with Gasteiger partial charge < -0.3 is 10.5 Å². The van der Waals surface area contributed by atoms with E-state index in [1.165, 1.54) is 11.9 Å². The van der Waals surface area contributed by atoms with Gasteiger partial charge in [-0.25, -0.2) is 0 Å². The number of methoxy groups -OCH3 is 1. The summed E-state index contributed by atoms with van der Waals surface area (Å²) >= 11 is 0. The Morgan fingerprint density at radius 1 is 0.968 bits per heavy atom. The number of hydrogen-bond donors (Lipinski definition) is 2. The first-order chi connectivity index (χ1) is 14.9. The Morgan fingerprint density at radius 2 is 1.61 bits per heavy atom. The molecule has 0 saturated carbocycles. The maximum atomic E-state index is 12.9. The molecule has 0 unspecified atom stereocenters. The first-order valence-corrected chi connectivity index (χ1v) is 9.31. The van der Waals surface area contributed by atoms with Gasteiger partial charge in [0.1, 0.15) is 22.5 Å². The van der Waals surface area contributed by atoms with Gasteiger partial charge in [0.05, 0.1) is 23.9 Å². The quantitative estimate of drug-likeness (QED) is 0.482. The molecule has 10 heteroatoms. The number of amides is 2. The second kappa shape index (κ2) is 6.52. The van der Waals surface area contributed by atoms with Crippen molar-refractivity contribution in [2.45, 2.75) is 6.92 Å². The molecule has 1 aliphatic rings. The number of carbonyl (C=O) groups excluding carboxylic acids is 2. The highest BCUT2D eigenvalue weighted by Gasteiger charge is 2.32. The van der Waals surface area contributed by atoms with Crippen molar-refractivity contribution in [1.82, 2.24) is 24.9 Å². The first kappa shape index (κ1) is 18.6. The van der Waals surface area contributed by atoms with Gasteiger partial charge in [0.15, 0.2) is 5.75 Å². The summed E-state index contributed by atoms with van der Waals surface area (Å²) in [5, 5.41) is 11.1. The van der Waals surface area contributed by atoms with Crippen molar-refractivity contribution in [3.63, 3.8) is 0 Å². The fraction of sp³-hybridized carbons (Fsp3) is 0.0952. The lowest BCUT2D eigenvalue weighted by molar-refractivity contribution is 0.0880. The van der Waals surface area contributed by atoms with Crippen molar-refractivity contribution in [3.8, 4) is 17.1 Å². The Balaban J connectivity index is 1.81. The summed E-state index contributed by atoms with van der Waals surface area (Å²) in [5.41, 5.74) is 8.49. The van der Waals surface area contributed by atoms with Gasteiger partial charge in [-0.15, -0.1) is 15.0 Å². The minimum atomic E-state index is -0.655. The molecule has 2 amide bonds. The van der Waals surface area contributed by atoms with E-state index in [-0.39, 0.29) is 22.7 Å². The van der Waals surface area contributed by atoms with Crippen LogP contribution in [0.2, 0.25) is 0 Å². The van der Waals surface area contributed by atoms with Crippen LogP contribution in [-0.2, 0) is 0 Å². The van der Waals surface area contributed by atoms with E-state index in [2.05, 4.69) is 15.5 Å². The lowest BCUT2D eigenvalue weighted by Gasteiger charge is -2.18. The van der Waals surface area contributed by atoms with E-state index < -0.39 is 17.4 Å². The van der Waals surface area contributed by atoms with Gasteiger partial charge in [0, 0.05) is 6.07 Å². The molecule has 2 aromatic carbocycles. The summed E-state index contributed by atoms with van der Waals surface area (Å²) < 4.78 is 6.78. The van der Waals surface area contributed by atoms with Gasteiger partial charge in [-0.3, -0.25) is 24.3 Å². The Bertz CT molecular complexity index is 1450. The summed E-state index contributed by atoms with van der Waals surface area (Å²) in [6, 6.07) is 12.0. The summed E-state index contributed by atoms with van der Waals surface area (Å²) in [6.45, 7) is 1.83. The molecule has 0 fully saturated rings. The van der Waals surface area contributed by atoms with E-state index in [1.807, 2.05) is 37.3 Å². The molecule has 3 N–H and O–H groups in total. The Hall–Kier alpha value is -4.47. The number of aryl methyl sites for hydroxylation is 1. The Kier molecular flexibility index (Phi) is 3.90. The standard InChI is InChI=1S/C21H16N6O4/c1-10-7-14(26-16(28)9-11-17(19(26)22)21(30)23-20(11)29)18(31-2)15(8-10)27-24-12-5-3-4-6-13(12)25-27/h3-9H,22H2,1-2H3,(H,23,29,30). The predicted molar refractivity (Wildman–Crippen MR) is 112 cm³/mol. The summed E-state index contributed by atoms with van der Waals surface area (Å²) in [4.78, 5) is 38.5. The number of aromatic nitrogens is 4. The van der Waals surface area contributed by atoms with Crippen LogP contribution in [0.5, 0.6) is 5.75 Å². The molecule has 0 radical (unpaired) electrons. The van der Waals surface area contributed by atoms with Gasteiger partial charge in [-0.1, -0.05) is 12.1 Å². The lowest BCUT2D eigenvalue weighted by atomic mass is 10.1. The highest BCUT2D eigenvalue weighted by molar-refractivity contribution is 6.23. The van der Waals surface area contributed by atoms with Gasteiger partial charge in [0.25, 0.3) is 17.4 Å². The van der Waals surface area contributed by atoms with Crippen LogP contribution >= 0.6 is 0 Å².